The minimum Gasteiger partial charge on any atom is -0.394 e. The average molecular weight is 1370 g/mol. The van der Waals surface area contributed by atoms with Crippen LogP contribution in [0.1, 0.15) is 354 Å². The molecule has 0 aromatic heterocycles. The molecule has 2 rings (SSSR count). The van der Waals surface area contributed by atoms with Gasteiger partial charge in [-0.1, -0.05) is 356 Å². The van der Waals surface area contributed by atoms with Gasteiger partial charge in [-0.2, -0.15) is 0 Å². The fourth-order valence-corrected chi connectivity index (χ4v) is 13.3. The van der Waals surface area contributed by atoms with E-state index in [-0.39, 0.29) is 12.5 Å². The Morgan fingerprint density at radius 3 is 1.09 bits per heavy atom. The van der Waals surface area contributed by atoms with Crippen LogP contribution >= 0.6 is 0 Å². The van der Waals surface area contributed by atoms with Gasteiger partial charge in [0.05, 0.1) is 32.0 Å². The third-order valence-corrected chi connectivity index (χ3v) is 19.7. The molecule has 2 saturated heterocycles. The number of hydrogen-bond donors (Lipinski definition) is 9. The smallest absolute Gasteiger partial charge is 0.220 e. The lowest BCUT2D eigenvalue weighted by atomic mass is 9.97. The van der Waals surface area contributed by atoms with Gasteiger partial charge in [0.1, 0.15) is 48.8 Å². The maximum absolute atomic E-state index is 13.4. The second-order valence-corrected chi connectivity index (χ2v) is 28.5. The van der Waals surface area contributed by atoms with Gasteiger partial charge >= 0.3 is 0 Å². The molecule has 0 aliphatic carbocycles. The van der Waals surface area contributed by atoms with Gasteiger partial charge in [0.25, 0.3) is 0 Å². The van der Waals surface area contributed by atoms with E-state index in [2.05, 4.69) is 92.1 Å². The molecule has 2 fully saturated rings. The van der Waals surface area contributed by atoms with Crippen molar-refractivity contribution in [1.82, 2.24) is 5.32 Å². The summed E-state index contributed by atoms with van der Waals surface area (Å²) in [6, 6.07) is -0.832. The summed E-state index contributed by atoms with van der Waals surface area (Å²) in [4.78, 5) is 13.4. The van der Waals surface area contributed by atoms with E-state index in [0.717, 1.165) is 89.9 Å². The second-order valence-electron chi connectivity index (χ2n) is 28.5. The van der Waals surface area contributed by atoms with Crippen LogP contribution in [0.15, 0.2) is 72.9 Å². The van der Waals surface area contributed by atoms with Crippen LogP contribution in [0.5, 0.6) is 0 Å². The minimum atomic E-state index is -1.78. The summed E-state index contributed by atoms with van der Waals surface area (Å²) in [5, 5.41) is 87.9. The van der Waals surface area contributed by atoms with Crippen molar-refractivity contribution in [2.24, 2.45) is 0 Å². The van der Waals surface area contributed by atoms with E-state index in [4.69, 9.17) is 18.9 Å². The Balaban J connectivity index is 1.59. The lowest BCUT2D eigenvalue weighted by molar-refractivity contribution is -0.359. The van der Waals surface area contributed by atoms with Gasteiger partial charge in [-0.25, -0.2) is 0 Å². The largest absolute Gasteiger partial charge is 0.394 e. The highest BCUT2D eigenvalue weighted by Crippen LogP contribution is 2.30. The number of allylic oxidation sites excluding steroid dienone is 12. The topological polar surface area (TPSA) is 228 Å². The zero-order valence-corrected chi connectivity index (χ0v) is 62.1. The number of carbonyl (C=O) groups excluding carboxylic acids is 1. The molecule has 12 unspecified atom stereocenters. The van der Waals surface area contributed by atoms with Gasteiger partial charge in [-0.05, 0) is 64.2 Å². The van der Waals surface area contributed by atoms with Gasteiger partial charge in [-0.3, -0.25) is 4.79 Å². The first-order valence-electron chi connectivity index (χ1n) is 40.7. The number of amides is 1. The van der Waals surface area contributed by atoms with Gasteiger partial charge < -0.3 is 65.1 Å². The Kier molecular flexibility index (Phi) is 62.2. The molecule has 9 N–H and O–H groups in total. The predicted molar refractivity (Wildman–Crippen MR) is 401 cm³/mol. The van der Waals surface area contributed by atoms with Crippen LogP contribution in [0, 0.1) is 0 Å². The van der Waals surface area contributed by atoms with Gasteiger partial charge in [-0.15, -0.1) is 0 Å². The number of hydrogen-bond acceptors (Lipinski definition) is 13. The highest BCUT2D eigenvalue weighted by molar-refractivity contribution is 5.76. The van der Waals surface area contributed by atoms with Gasteiger partial charge in [0.15, 0.2) is 12.6 Å². The normalized spacial score (nSPS) is 22.5. The first kappa shape index (κ1) is 90.5. The Morgan fingerprint density at radius 1 is 0.381 bits per heavy atom. The van der Waals surface area contributed by atoms with Crippen molar-refractivity contribution in [1.29, 1.82) is 0 Å². The Morgan fingerprint density at radius 2 is 0.711 bits per heavy atom. The molecule has 0 saturated carbocycles. The molecule has 0 radical (unpaired) electrons. The van der Waals surface area contributed by atoms with Crippen molar-refractivity contribution in [2.75, 3.05) is 19.8 Å². The minimum absolute atomic E-state index is 0.201. The molecule has 14 heteroatoms. The van der Waals surface area contributed by atoms with Crippen LogP contribution in [0.3, 0.4) is 0 Å². The quantitative estimate of drug-likeness (QED) is 0.0204. The van der Waals surface area contributed by atoms with Crippen LogP contribution in [0.25, 0.3) is 0 Å². The fraction of sp³-hybridized carbons (Fsp3) is 0.843. The number of ether oxygens (including phenoxy) is 4. The standard InChI is InChI=1S/C83H151NO13/c1-3-5-7-9-11-13-15-17-19-21-23-25-27-29-31-32-33-34-35-36-37-38-39-40-41-43-45-47-49-51-53-55-57-59-61-63-65-67-75(88)84-71(70-94-82-80(93)78(91)81(74(69-86)96-82)97-83-79(92)77(90)76(89)73(68-85)95-83)72(87)66-64-62-60-58-56-54-52-50-48-46-44-42-30-28-26-24-22-20-18-16-14-12-10-8-6-4-2/h5,7,11,13,17,19,23,25,29,31,33-34,71-74,76-83,85-87,89-93H,3-4,6,8-10,12,14-16,18,20-22,24,26-28,30,32,35-70H2,1-2H3,(H,84,88)/b7-5-,13-11-,19-17-,25-23-,31-29-,34-33-. The Hall–Kier alpha value is -2.57. The van der Waals surface area contributed by atoms with E-state index in [1.54, 1.807) is 0 Å². The van der Waals surface area contributed by atoms with Crippen molar-refractivity contribution in [3.8, 4) is 0 Å². The third kappa shape index (κ3) is 49.6. The molecule has 2 aliphatic rings. The number of aliphatic hydroxyl groups excluding tert-OH is 8. The molecule has 2 heterocycles. The second kappa shape index (κ2) is 66.7. The molecule has 14 nitrogen and oxygen atoms in total. The lowest BCUT2D eigenvalue weighted by Gasteiger charge is -2.46. The van der Waals surface area contributed by atoms with Crippen molar-refractivity contribution in [2.45, 2.75) is 428 Å². The number of aliphatic hydroxyl groups is 8. The first-order valence-corrected chi connectivity index (χ1v) is 40.7. The highest BCUT2D eigenvalue weighted by Gasteiger charge is 2.51. The molecule has 97 heavy (non-hydrogen) atoms. The van der Waals surface area contributed by atoms with Crippen LogP contribution in [0.4, 0.5) is 0 Å². The van der Waals surface area contributed by atoms with Crippen molar-refractivity contribution >= 4 is 5.91 Å². The molecule has 12 atom stereocenters. The molecule has 0 spiro atoms. The van der Waals surface area contributed by atoms with E-state index in [1.807, 2.05) is 0 Å². The fourth-order valence-electron chi connectivity index (χ4n) is 13.3. The lowest BCUT2D eigenvalue weighted by Crippen LogP contribution is -2.65. The molecule has 2 aliphatic heterocycles. The molecule has 1 amide bonds. The maximum atomic E-state index is 13.4. The van der Waals surface area contributed by atoms with E-state index < -0.39 is 86.8 Å². The Bertz CT molecular complexity index is 1910. The van der Waals surface area contributed by atoms with Gasteiger partial charge in [0.2, 0.25) is 5.91 Å². The number of carbonyl (C=O) groups is 1. The summed E-state index contributed by atoms with van der Waals surface area (Å²) < 4.78 is 23.0. The average Bonchev–Trinajstić information content (AvgIpc) is 0.794. The molecule has 0 aromatic carbocycles. The van der Waals surface area contributed by atoms with Gasteiger partial charge in [0, 0.05) is 6.42 Å². The Labute approximate surface area is 593 Å². The molecule has 0 aromatic rings. The van der Waals surface area contributed by atoms with E-state index in [9.17, 15) is 45.6 Å². The molecule has 566 valence electrons. The number of unbranched alkanes of at least 4 members (excludes halogenated alkanes) is 43. The van der Waals surface area contributed by atoms with Crippen LogP contribution in [-0.2, 0) is 23.7 Å². The van der Waals surface area contributed by atoms with Crippen molar-refractivity contribution in [3.05, 3.63) is 72.9 Å². The zero-order chi connectivity index (χ0) is 70.1. The van der Waals surface area contributed by atoms with E-state index >= 15 is 0 Å². The van der Waals surface area contributed by atoms with E-state index in [0.29, 0.717) is 12.8 Å². The summed E-state index contributed by atoms with van der Waals surface area (Å²) in [5.74, 6) is -0.201. The zero-order valence-electron chi connectivity index (χ0n) is 62.1. The molecular weight excluding hydrogens is 1220 g/mol. The molecule has 0 bridgehead atoms. The van der Waals surface area contributed by atoms with Crippen molar-refractivity contribution in [3.63, 3.8) is 0 Å². The summed E-state index contributed by atoms with van der Waals surface area (Å²) in [7, 11) is 0. The monoisotopic (exact) mass is 1370 g/mol. The highest BCUT2D eigenvalue weighted by atomic mass is 16.7. The summed E-state index contributed by atoms with van der Waals surface area (Å²) in [5.41, 5.74) is 0. The van der Waals surface area contributed by atoms with E-state index in [1.165, 1.54) is 238 Å². The summed E-state index contributed by atoms with van der Waals surface area (Å²) in [6.07, 6.45) is 75.1. The number of rotatable bonds is 68. The summed E-state index contributed by atoms with van der Waals surface area (Å²) in [6.45, 7) is 2.80. The number of nitrogens with one attached hydrogen (secondary N) is 1. The van der Waals surface area contributed by atoms with Crippen molar-refractivity contribution < 1.29 is 64.6 Å². The van der Waals surface area contributed by atoms with Crippen LogP contribution in [-0.4, -0.2) is 140 Å². The van der Waals surface area contributed by atoms with Crippen LogP contribution in [0.2, 0.25) is 0 Å². The summed E-state index contributed by atoms with van der Waals surface area (Å²) >= 11 is 0. The third-order valence-electron chi connectivity index (χ3n) is 19.7. The SMILES string of the molecule is CC/C=C\C/C=C\C/C=C\C/C=C\C/C=C\C/C=C\CCCCCCCCCCCCCCCCCCCCC(=O)NC(COC1OC(CO)C(OC2OC(CO)C(O)C(O)C2O)C(O)C1O)C(O)CCCCCCCCCCCCCCCCCCCCCCCCCCCC. The first-order chi connectivity index (χ1) is 47.6. The predicted octanol–water partition coefficient (Wildman–Crippen LogP) is 18.5. The van der Waals surface area contributed by atoms with Crippen LogP contribution < -0.4 is 5.32 Å². The molecular formula is C83H151NO13. The maximum Gasteiger partial charge on any atom is 0.220 e.